The number of anilines is 1. The predicted molar refractivity (Wildman–Crippen MR) is 60.8 cm³/mol. The average molecular weight is 274 g/mol. The molecule has 0 unspecified atom stereocenters. The Morgan fingerprint density at radius 3 is 2.74 bits per heavy atom. The summed E-state index contributed by atoms with van der Waals surface area (Å²) in [5, 5.41) is 0. The number of hydrogen-bond donors (Lipinski definition) is 1. The average Bonchev–Trinajstić information content (AvgIpc) is 2.75. The lowest BCUT2D eigenvalue weighted by molar-refractivity contribution is -0.141. The number of carbonyl (C=O) groups is 1. The van der Waals surface area contributed by atoms with Crippen molar-refractivity contribution in [1.29, 1.82) is 0 Å². The van der Waals surface area contributed by atoms with Crippen molar-refractivity contribution in [3.8, 4) is 0 Å². The molecule has 0 spiro atoms. The standard InChI is InChI=1S/C11H13F3N4O/c1-6(19)18-4-2-3-8(18)7-5-9(11(12,13)14)17-10(15)16-7/h5,8H,2-4H2,1H3,(H2,15,16,17)/t8-/m1/s1. The fourth-order valence-corrected chi connectivity index (χ4v) is 2.25. The largest absolute Gasteiger partial charge is 0.433 e. The van der Waals surface area contributed by atoms with Gasteiger partial charge < -0.3 is 10.6 Å². The normalized spacial score (nSPS) is 19.8. The van der Waals surface area contributed by atoms with Gasteiger partial charge in [-0.3, -0.25) is 4.79 Å². The van der Waals surface area contributed by atoms with E-state index in [1.165, 1.54) is 11.8 Å². The van der Waals surface area contributed by atoms with Crippen molar-refractivity contribution in [2.75, 3.05) is 12.3 Å². The van der Waals surface area contributed by atoms with Crippen LogP contribution in [0.3, 0.4) is 0 Å². The Hall–Kier alpha value is -1.86. The van der Waals surface area contributed by atoms with E-state index in [0.717, 1.165) is 12.5 Å². The molecule has 0 bridgehead atoms. The van der Waals surface area contributed by atoms with Gasteiger partial charge in [-0.15, -0.1) is 0 Å². The van der Waals surface area contributed by atoms with E-state index < -0.39 is 23.9 Å². The van der Waals surface area contributed by atoms with E-state index in [4.69, 9.17) is 5.73 Å². The number of amides is 1. The molecule has 5 nitrogen and oxygen atoms in total. The van der Waals surface area contributed by atoms with Crippen molar-refractivity contribution in [2.45, 2.75) is 32.0 Å². The number of nitrogens with zero attached hydrogens (tertiary/aromatic N) is 3. The van der Waals surface area contributed by atoms with E-state index in [9.17, 15) is 18.0 Å². The first-order valence-electron chi connectivity index (χ1n) is 5.78. The Morgan fingerprint density at radius 1 is 1.47 bits per heavy atom. The van der Waals surface area contributed by atoms with Crippen molar-refractivity contribution in [1.82, 2.24) is 14.9 Å². The lowest BCUT2D eigenvalue weighted by Crippen LogP contribution is -2.29. The van der Waals surface area contributed by atoms with Gasteiger partial charge in [0.25, 0.3) is 0 Å². The zero-order chi connectivity index (χ0) is 14.2. The van der Waals surface area contributed by atoms with Crippen LogP contribution in [0.25, 0.3) is 0 Å². The Kier molecular flexibility index (Phi) is 3.34. The number of nitrogen functional groups attached to an aromatic ring is 1. The van der Waals surface area contributed by atoms with Crippen molar-refractivity contribution in [2.24, 2.45) is 0 Å². The summed E-state index contributed by atoms with van der Waals surface area (Å²) in [7, 11) is 0. The van der Waals surface area contributed by atoms with Crippen LogP contribution in [0.15, 0.2) is 6.07 Å². The van der Waals surface area contributed by atoms with E-state index in [2.05, 4.69) is 9.97 Å². The zero-order valence-electron chi connectivity index (χ0n) is 10.2. The van der Waals surface area contributed by atoms with Crippen molar-refractivity contribution in [3.05, 3.63) is 17.5 Å². The van der Waals surface area contributed by atoms with Crippen molar-refractivity contribution in [3.63, 3.8) is 0 Å². The lowest BCUT2D eigenvalue weighted by atomic mass is 10.1. The zero-order valence-corrected chi connectivity index (χ0v) is 10.2. The second kappa shape index (κ2) is 4.67. The van der Waals surface area contributed by atoms with E-state index in [1.54, 1.807) is 0 Å². The molecule has 1 fully saturated rings. The minimum Gasteiger partial charge on any atom is -0.368 e. The third-order valence-electron chi connectivity index (χ3n) is 3.05. The molecule has 1 atom stereocenters. The van der Waals surface area contributed by atoms with Crippen LogP contribution in [0.2, 0.25) is 0 Å². The monoisotopic (exact) mass is 274 g/mol. The highest BCUT2D eigenvalue weighted by Gasteiger charge is 2.36. The Balaban J connectivity index is 2.40. The summed E-state index contributed by atoms with van der Waals surface area (Å²) in [5.41, 5.74) is 4.39. The number of nitrogens with two attached hydrogens (primary N) is 1. The molecule has 0 aliphatic carbocycles. The number of carbonyl (C=O) groups excluding carboxylic acids is 1. The molecule has 2 heterocycles. The summed E-state index contributed by atoms with van der Waals surface area (Å²) in [4.78, 5) is 19.9. The molecule has 2 N–H and O–H groups in total. The fourth-order valence-electron chi connectivity index (χ4n) is 2.25. The van der Waals surface area contributed by atoms with Crippen molar-refractivity contribution >= 4 is 11.9 Å². The molecule has 1 aromatic heterocycles. The highest BCUT2D eigenvalue weighted by Crippen LogP contribution is 2.34. The summed E-state index contributed by atoms with van der Waals surface area (Å²) in [5.74, 6) is -0.617. The molecule has 1 aliphatic rings. The molecule has 2 rings (SSSR count). The maximum atomic E-state index is 12.7. The highest BCUT2D eigenvalue weighted by atomic mass is 19.4. The predicted octanol–water partition coefficient (Wildman–Crippen LogP) is 1.76. The Bertz CT molecular complexity index is 503. The number of alkyl halides is 3. The topological polar surface area (TPSA) is 72.1 Å². The quantitative estimate of drug-likeness (QED) is 0.847. The van der Waals surface area contributed by atoms with Crippen molar-refractivity contribution < 1.29 is 18.0 Å². The lowest BCUT2D eigenvalue weighted by Gasteiger charge is -2.23. The fraction of sp³-hybridized carbons (Fsp3) is 0.545. The molecule has 8 heteroatoms. The van der Waals surface area contributed by atoms with Gasteiger partial charge in [-0.1, -0.05) is 0 Å². The van der Waals surface area contributed by atoms with Crippen LogP contribution in [0.4, 0.5) is 19.1 Å². The van der Waals surface area contributed by atoms with Gasteiger partial charge in [0.15, 0.2) is 0 Å². The van der Waals surface area contributed by atoms with E-state index in [-0.39, 0.29) is 11.6 Å². The van der Waals surface area contributed by atoms with Gasteiger partial charge in [-0.2, -0.15) is 13.2 Å². The first-order valence-corrected chi connectivity index (χ1v) is 5.78. The van der Waals surface area contributed by atoms with Crippen LogP contribution < -0.4 is 5.73 Å². The minimum absolute atomic E-state index is 0.146. The number of rotatable bonds is 1. The molecule has 0 radical (unpaired) electrons. The summed E-state index contributed by atoms with van der Waals surface area (Å²) >= 11 is 0. The highest BCUT2D eigenvalue weighted by molar-refractivity contribution is 5.74. The van der Waals surface area contributed by atoms with Gasteiger partial charge in [0.2, 0.25) is 11.9 Å². The van der Waals surface area contributed by atoms with E-state index in [1.807, 2.05) is 0 Å². The van der Waals surface area contributed by atoms with Gasteiger partial charge >= 0.3 is 6.18 Å². The molecule has 1 aromatic rings. The first-order chi connectivity index (χ1) is 8.79. The van der Waals surface area contributed by atoms with Crippen LogP contribution >= 0.6 is 0 Å². The molecule has 0 aromatic carbocycles. The van der Waals surface area contributed by atoms with Gasteiger partial charge in [0.05, 0.1) is 11.7 Å². The number of hydrogen-bond acceptors (Lipinski definition) is 4. The molecule has 1 saturated heterocycles. The Labute approximate surface area is 107 Å². The molecule has 0 saturated carbocycles. The molecule has 19 heavy (non-hydrogen) atoms. The summed E-state index contributed by atoms with van der Waals surface area (Å²) in [6.07, 6.45) is -3.27. The number of aromatic nitrogens is 2. The second-order valence-corrected chi connectivity index (χ2v) is 4.40. The van der Waals surface area contributed by atoms with Crippen LogP contribution in [0.1, 0.15) is 37.2 Å². The first kappa shape index (κ1) is 13.6. The molecular weight excluding hydrogens is 261 g/mol. The van der Waals surface area contributed by atoms with Crippen LogP contribution in [-0.4, -0.2) is 27.3 Å². The third kappa shape index (κ3) is 2.77. The van der Waals surface area contributed by atoms with Gasteiger partial charge in [0, 0.05) is 13.5 Å². The molecule has 1 amide bonds. The van der Waals surface area contributed by atoms with Gasteiger partial charge in [0.1, 0.15) is 5.69 Å². The van der Waals surface area contributed by atoms with E-state index in [0.29, 0.717) is 13.0 Å². The molecule has 104 valence electrons. The molecular formula is C11H13F3N4O. The SMILES string of the molecule is CC(=O)N1CCC[C@@H]1c1cc(C(F)(F)F)nc(N)n1. The van der Waals surface area contributed by atoms with Crippen LogP contribution in [0.5, 0.6) is 0 Å². The smallest absolute Gasteiger partial charge is 0.368 e. The Morgan fingerprint density at radius 2 is 2.16 bits per heavy atom. The maximum absolute atomic E-state index is 12.7. The number of halogens is 3. The summed E-state index contributed by atoms with van der Waals surface area (Å²) in [6, 6.07) is 0.409. The van der Waals surface area contributed by atoms with Gasteiger partial charge in [-0.05, 0) is 18.9 Å². The number of likely N-dealkylation sites (tertiary alicyclic amines) is 1. The van der Waals surface area contributed by atoms with Crippen LogP contribution in [-0.2, 0) is 11.0 Å². The second-order valence-electron chi connectivity index (χ2n) is 4.40. The summed E-state index contributed by atoms with van der Waals surface area (Å²) in [6.45, 7) is 1.90. The maximum Gasteiger partial charge on any atom is 0.433 e. The van der Waals surface area contributed by atoms with E-state index >= 15 is 0 Å². The molecule has 1 aliphatic heterocycles. The van der Waals surface area contributed by atoms with Crippen LogP contribution in [0, 0.1) is 0 Å². The summed E-state index contributed by atoms with van der Waals surface area (Å²) < 4.78 is 38.0. The van der Waals surface area contributed by atoms with Gasteiger partial charge in [-0.25, -0.2) is 9.97 Å². The third-order valence-corrected chi connectivity index (χ3v) is 3.05. The minimum atomic E-state index is -4.58.